The van der Waals surface area contributed by atoms with Crippen molar-refractivity contribution in [2.75, 3.05) is 11.9 Å². The summed E-state index contributed by atoms with van der Waals surface area (Å²) in [6.45, 7) is 4.03. The maximum atomic E-state index is 11.8. The molecule has 0 aromatic carbocycles. The zero-order chi connectivity index (χ0) is 15.2. The predicted octanol–water partition coefficient (Wildman–Crippen LogP) is 2.51. The van der Waals surface area contributed by atoms with Crippen molar-refractivity contribution in [3.8, 4) is 0 Å². The number of anilines is 1. The van der Waals surface area contributed by atoms with E-state index in [1.54, 1.807) is 11.3 Å². The zero-order valence-corrected chi connectivity index (χ0v) is 13.5. The summed E-state index contributed by atoms with van der Waals surface area (Å²) in [5.41, 5.74) is 1.16. The molecule has 0 saturated heterocycles. The summed E-state index contributed by atoms with van der Waals surface area (Å²) in [5, 5.41) is 6.15. The third kappa shape index (κ3) is 4.81. The minimum atomic E-state index is -0.116. The van der Waals surface area contributed by atoms with Crippen LogP contribution in [-0.2, 0) is 22.4 Å². The molecule has 1 atom stereocenters. The lowest BCUT2D eigenvalue weighted by Crippen LogP contribution is -2.25. The molecule has 21 heavy (non-hydrogen) atoms. The molecule has 0 radical (unpaired) electrons. The Labute approximate surface area is 129 Å². The van der Waals surface area contributed by atoms with Gasteiger partial charge >= 0.3 is 0 Å². The molecule has 1 aliphatic carbocycles. The third-order valence-electron chi connectivity index (χ3n) is 3.71. The highest BCUT2D eigenvalue weighted by molar-refractivity contribution is 7.15. The molecule has 6 heteroatoms. The lowest BCUT2D eigenvalue weighted by molar-refractivity contribution is -0.119. The van der Waals surface area contributed by atoms with Crippen molar-refractivity contribution < 1.29 is 9.59 Å². The Balaban J connectivity index is 1.85. The monoisotopic (exact) mass is 309 g/mol. The van der Waals surface area contributed by atoms with E-state index >= 15 is 0 Å². The van der Waals surface area contributed by atoms with Crippen molar-refractivity contribution in [3.63, 3.8) is 0 Å². The Bertz CT molecular complexity index is 513. The first-order chi connectivity index (χ1) is 10.1. The molecule has 1 aromatic heterocycles. The van der Waals surface area contributed by atoms with Gasteiger partial charge in [-0.1, -0.05) is 19.8 Å². The predicted molar refractivity (Wildman–Crippen MR) is 84.5 cm³/mol. The smallest absolute Gasteiger partial charge is 0.227 e. The Morgan fingerprint density at radius 2 is 2.24 bits per heavy atom. The van der Waals surface area contributed by atoms with Gasteiger partial charge in [-0.2, -0.15) is 0 Å². The van der Waals surface area contributed by atoms with E-state index < -0.39 is 0 Å². The number of carbonyl (C=O) groups excluding carboxylic acids is 2. The number of fused-ring (bicyclic) bond motifs is 1. The standard InChI is InChI=1S/C15H23N3O2S/c1-3-4-11-5-6-12-13(9-11)21-15(17-12)18-14(20)7-8-16-10(2)19/h11H,3-9H2,1-2H3,(H,16,19)(H,17,18,20)/t11-/m1/s1. The molecule has 2 N–H and O–H groups in total. The second-order valence-electron chi connectivity index (χ2n) is 5.57. The molecule has 1 aromatic rings. The fraction of sp³-hybridized carbons (Fsp3) is 0.667. The second kappa shape index (κ2) is 7.54. The van der Waals surface area contributed by atoms with Crippen LogP contribution in [0.1, 0.15) is 50.1 Å². The molecule has 0 unspecified atom stereocenters. The SMILES string of the molecule is CCC[C@@H]1CCc2nc(NC(=O)CCNC(C)=O)sc2C1. The van der Waals surface area contributed by atoms with Gasteiger partial charge in [-0.3, -0.25) is 9.59 Å². The van der Waals surface area contributed by atoms with E-state index in [4.69, 9.17) is 0 Å². The van der Waals surface area contributed by atoms with E-state index in [-0.39, 0.29) is 18.2 Å². The Morgan fingerprint density at radius 1 is 1.43 bits per heavy atom. The summed E-state index contributed by atoms with van der Waals surface area (Å²) < 4.78 is 0. The number of thiazole rings is 1. The van der Waals surface area contributed by atoms with Crippen LogP contribution in [0.3, 0.4) is 0 Å². The first-order valence-electron chi connectivity index (χ1n) is 7.61. The maximum absolute atomic E-state index is 11.8. The Kier molecular flexibility index (Phi) is 5.73. The van der Waals surface area contributed by atoms with E-state index in [9.17, 15) is 9.59 Å². The molecular formula is C15H23N3O2S. The van der Waals surface area contributed by atoms with Gasteiger partial charge in [0.25, 0.3) is 0 Å². The van der Waals surface area contributed by atoms with E-state index in [1.807, 2.05) is 0 Å². The summed E-state index contributed by atoms with van der Waals surface area (Å²) in [4.78, 5) is 28.4. The highest BCUT2D eigenvalue weighted by atomic mass is 32.1. The number of hydrogen-bond donors (Lipinski definition) is 2. The molecule has 5 nitrogen and oxygen atoms in total. The number of rotatable bonds is 6. The van der Waals surface area contributed by atoms with Crippen molar-refractivity contribution in [3.05, 3.63) is 10.6 Å². The summed E-state index contributed by atoms with van der Waals surface area (Å²) in [7, 11) is 0. The van der Waals surface area contributed by atoms with Crippen molar-refractivity contribution in [1.29, 1.82) is 0 Å². The molecule has 0 fully saturated rings. The van der Waals surface area contributed by atoms with Crippen LogP contribution in [0.2, 0.25) is 0 Å². The van der Waals surface area contributed by atoms with Crippen LogP contribution >= 0.6 is 11.3 Å². The first-order valence-corrected chi connectivity index (χ1v) is 8.43. The lowest BCUT2D eigenvalue weighted by Gasteiger charge is -2.19. The van der Waals surface area contributed by atoms with Crippen LogP contribution in [0.4, 0.5) is 5.13 Å². The van der Waals surface area contributed by atoms with Gasteiger partial charge in [0, 0.05) is 24.8 Å². The van der Waals surface area contributed by atoms with E-state index in [0.717, 1.165) is 24.5 Å². The number of nitrogens with one attached hydrogen (secondary N) is 2. The highest BCUT2D eigenvalue weighted by Gasteiger charge is 2.22. The molecule has 0 saturated carbocycles. The van der Waals surface area contributed by atoms with Crippen molar-refractivity contribution in [2.45, 2.75) is 52.4 Å². The third-order valence-corrected chi connectivity index (χ3v) is 4.75. The summed E-state index contributed by atoms with van der Waals surface area (Å²) in [6.07, 6.45) is 6.12. The Morgan fingerprint density at radius 3 is 2.95 bits per heavy atom. The van der Waals surface area contributed by atoms with Gasteiger partial charge in [0.05, 0.1) is 5.69 Å². The molecule has 1 heterocycles. The van der Waals surface area contributed by atoms with Crippen LogP contribution in [0.15, 0.2) is 0 Å². The topological polar surface area (TPSA) is 71.1 Å². The molecular weight excluding hydrogens is 286 g/mol. The summed E-state index contributed by atoms with van der Waals surface area (Å²) in [6, 6.07) is 0. The summed E-state index contributed by atoms with van der Waals surface area (Å²) >= 11 is 1.60. The second-order valence-corrected chi connectivity index (χ2v) is 6.65. The molecule has 0 aliphatic heterocycles. The number of amides is 2. The van der Waals surface area contributed by atoms with Crippen molar-refractivity contribution in [2.24, 2.45) is 5.92 Å². The van der Waals surface area contributed by atoms with Crippen LogP contribution in [0.5, 0.6) is 0 Å². The highest BCUT2D eigenvalue weighted by Crippen LogP contribution is 2.33. The number of nitrogens with zero attached hydrogens (tertiary/aromatic N) is 1. The fourth-order valence-corrected chi connectivity index (χ4v) is 3.82. The fourth-order valence-electron chi connectivity index (χ4n) is 2.69. The molecule has 1 aliphatic rings. The van der Waals surface area contributed by atoms with Gasteiger partial charge in [-0.05, 0) is 25.2 Å². The van der Waals surface area contributed by atoms with Gasteiger partial charge in [0.2, 0.25) is 11.8 Å². The summed E-state index contributed by atoms with van der Waals surface area (Å²) in [5.74, 6) is 0.556. The van der Waals surface area contributed by atoms with E-state index in [2.05, 4.69) is 22.5 Å². The number of aromatic nitrogens is 1. The van der Waals surface area contributed by atoms with Crippen molar-refractivity contribution >= 4 is 28.3 Å². The van der Waals surface area contributed by atoms with Crippen LogP contribution in [-0.4, -0.2) is 23.3 Å². The first kappa shape index (κ1) is 15.9. The minimum absolute atomic E-state index is 0.0973. The van der Waals surface area contributed by atoms with E-state index in [1.165, 1.54) is 31.1 Å². The van der Waals surface area contributed by atoms with Gasteiger partial charge in [-0.25, -0.2) is 4.98 Å². The van der Waals surface area contributed by atoms with Crippen LogP contribution < -0.4 is 10.6 Å². The average Bonchev–Trinajstić information content (AvgIpc) is 2.80. The van der Waals surface area contributed by atoms with Gasteiger partial charge < -0.3 is 10.6 Å². The largest absolute Gasteiger partial charge is 0.356 e. The maximum Gasteiger partial charge on any atom is 0.227 e. The number of carbonyl (C=O) groups is 2. The minimum Gasteiger partial charge on any atom is -0.356 e. The van der Waals surface area contributed by atoms with Crippen LogP contribution in [0.25, 0.3) is 0 Å². The quantitative estimate of drug-likeness (QED) is 0.848. The van der Waals surface area contributed by atoms with Gasteiger partial charge in [-0.15, -0.1) is 11.3 Å². The normalized spacial score (nSPS) is 17.1. The zero-order valence-electron chi connectivity index (χ0n) is 12.7. The van der Waals surface area contributed by atoms with Crippen molar-refractivity contribution in [1.82, 2.24) is 10.3 Å². The molecule has 2 rings (SSSR count). The molecule has 2 amide bonds. The molecule has 116 valence electrons. The number of aryl methyl sites for hydroxylation is 1. The average molecular weight is 309 g/mol. The van der Waals surface area contributed by atoms with Gasteiger partial charge in [0.1, 0.15) is 0 Å². The molecule has 0 spiro atoms. The Hall–Kier alpha value is -1.43. The van der Waals surface area contributed by atoms with E-state index in [0.29, 0.717) is 11.7 Å². The lowest BCUT2D eigenvalue weighted by atomic mass is 9.88. The molecule has 0 bridgehead atoms. The number of hydrogen-bond acceptors (Lipinski definition) is 4. The van der Waals surface area contributed by atoms with Crippen LogP contribution in [0, 0.1) is 5.92 Å². The van der Waals surface area contributed by atoms with Gasteiger partial charge in [0.15, 0.2) is 5.13 Å².